The lowest BCUT2D eigenvalue weighted by Gasteiger charge is -2.29. The Morgan fingerprint density at radius 1 is 1.08 bits per heavy atom. The van der Waals surface area contributed by atoms with Gasteiger partial charge in [0.15, 0.2) is 11.5 Å². The number of hydrogen-bond donors (Lipinski definition) is 1. The van der Waals surface area contributed by atoms with E-state index in [4.69, 9.17) is 19.8 Å². The van der Waals surface area contributed by atoms with E-state index in [1.54, 1.807) is 0 Å². The minimum absolute atomic E-state index is 0.602. The Labute approximate surface area is 211 Å². The predicted molar refractivity (Wildman–Crippen MR) is 142 cm³/mol. The first-order valence-corrected chi connectivity index (χ1v) is 12.8. The number of likely N-dealkylation sites (N-methyl/N-ethyl adjacent to an activating group) is 1. The highest BCUT2D eigenvalue weighted by atomic mass is 16.5. The van der Waals surface area contributed by atoms with Gasteiger partial charge in [0, 0.05) is 50.0 Å². The molecule has 0 spiro atoms. The first-order chi connectivity index (χ1) is 17.5. The van der Waals surface area contributed by atoms with Crippen molar-refractivity contribution in [1.82, 2.24) is 34.5 Å². The van der Waals surface area contributed by atoms with E-state index in [-0.39, 0.29) is 0 Å². The molecule has 36 heavy (non-hydrogen) atoms. The zero-order chi connectivity index (χ0) is 24.6. The lowest BCUT2D eigenvalue weighted by molar-refractivity contribution is 0.123. The number of aryl methyl sites for hydroxylation is 1. The quantitative estimate of drug-likeness (QED) is 0.449. The van der Waals surface area contributed by atoms with Crippen LogP contribution in [0.3, 0.4) is 0 Å². The van der Waals surface area contributed by atoms with Crippen molar-refractivity contribution in [2.24, 2.45) is 0 Å². The third kappa shape index (κ3) is 4.61. The second-order valence-corrected chi connectivity index (χ2v) is 10.1. The molecule has 188 valence electrons. The fourth-order valence-corrected chi connectivity index (χ4v) is 5.25. The van der Waals surface area contributed by atoms with Gasteiger partial charge in [0.05, 0.1) is 31.1 Å². The third-order valence-corrected chi connectivity index (χ3v) is 7.32. The molecule has 2 fully saturated rings. The molecular formula is C27H34N8O. The number of ether oxygens (including phenoxy) is 1. The molecule has 9 heteroatoms. The highest BCUT2D eigenvalue weighted by Crippen LogP contribution is 2.29. The van der Waals surface area contributed by atoms with Gasteiger partial charge in [-0.3, -0.25) is 4.90 Å². The lowest BCUT2D eigenvalue weighted by Crippen LogP contribution is -2.36. The van der Waals surface area contributed by atoms with Gasteiger partial charge in [-0.2, -0.15) is 5.10 Å². The van der Waals surface area contributed by atoms with Gasteiger partial charge in [-0.05, 0) is 39.6 Å². The molecule has 2 aliphatic heterocycles. The Hall–Kier alpha value is -3.27. The summed E-state index contributed by atoms with van der Waals surface area (Å²) < 4.78 is 7.48. The average molecular weight is 487 g/mol. The first kappa shape index (κ1) is 23.1. The number of rotatable bonds is 6. The van der Waals surface area contributed by atoms with Crippen LogP contribution in [-0.2, 0) is 11.3 Å². The number of likely N-dealkylation sites (tertiary alicyclic amines) is 1. The number of morpholine rings is 1. The van der Waals surface area contributed by atoms with Crippen molar-refractivity contribution in [3.05, 3.63) is 54.0 Å². The summed E-state index contributed by atoms with van der Waals surface area (Å²) in [6.45, 7) is 8.19. The van der Waals surface area contributed by atoms with E-state index in [0.29, 0.717) is 6.04 Å². The van der Waals surface area contributed by atoms with Gasteiger partial charge < -0.3 is 19.5 Å². The molecule has 4 aromatic rings. The van der Waals surface area contributed by atoms with Gasteiger partial charge in [0.25, 0.3) is 0 Å². The summed E-state index contributed by atoms with van der Waals surface area (Å²) in [6.07, 6.45) is 3.17. The van der Waals surface area contributed by atoms with E-state index in [9.17, 15) is 0 Å². The maximum atomic E-state index is 5.62. The van der Waals surface area contributed by atoms with E-state index >= 15 is 0 Å². The van der Waals surface area contributed by atoms with E-state index in [1.165, 1.54) is 12.0 Å². The molecule has 5 heterocycles. The zero-order valence-electron chi connectivity index (χ0n) is 21.3. The Bertz CT molecular complexity index is 1350. The van der Waals surface area contributed by atoms with Crippen LogP contribution in [0.15, 0.2) is 42.6 Å². The number of aromatic nitrogens is 5. The Kier molecular flexibility index (Phi) is 6.20. The smallest absolute Gasteiger partial charge is 0.182 e. The van der Waals surface area contributed by atoms with Crippen LogP contribution in [0, 0.1) is 6.92 Å². The third-order valence-electron chi connectivity index (χ3n) is 7.32. The summed E-state index contributed by atoms with van der Waals surface area (Å²) in [6, 6.07) is 13.2. The van der Waals surface area contributed by atoms with Crippen molar-refractivity contribution < 1.29 is 4.74 Å². The molecule has 2 aliphatic rings. The molecule has 9 nitrogen and oxygen atoms in total. The largest absolute Gasteiger partial charge is 0.378 e. The van der Waals surface area contributed by atoms with Crippen LogP contribution in [0.2, 0.25) is 0 Å². The topological polar surface area (TPSA) is 78.3 Å². The Morgan fingerprint density at radius 2 is 1.94 bits per heavy atom. The van der Waals surface area contributed by atoms with Crippen molar-refractivity contribution in [1.29, 1.82) is 0 Å². The predicted octanol–water partition coefficient (Wildman–Crippen LogP) is 3.09. The first-order valence-electron chi connectivity index (χ1n) is 12.8. The summed E-state index contributed by atoms with van der Waals surface area (Å²) in [5.74, 6) is 1.74. The van der Waals surface area contributed by atoms with Crippen molar-refractivity contribution in [2.45, 2.75) is 25.9 Å². The van der Waals surface area contributed by atoms with Gasteiger partial charge in [-0.25, -0.2) is 14.6 Å². The minimum Gasteiger partial charge on any atom is -0.378 e. The monoisotopic (exact) mass is 486 g/mol. The number of pyridine rings is 1. The molecule has 0 radical (unpaired) electrons. The number of imidazole rings is 1. The van der Waals surface area contributed by atoms with Crippen LogP contribution < -0.4 is 4.90 Å². The molecule has 0 aliphatic carbocycles. The second-order valence-electron chi connectivity index (χ2n) is 10.1. The fraction of sp³-hybridized carbons (Fsp3) is 0.444. The number of fused-ring (bicyclic) bond motifs is 1. The van der Waals surface area contributed by atoms with Crippen LogP contribution in [0.5, 0.6) is 0 Å². The van der Waals surface area contributed by atoms with Crippen molar-refractivity contribution in [3.63, 3.8) is 0 Å². The van der Waals surface area contributed by atoms with Crippen LogP contribution in [0.1, 0.15) is 17.8 Å². The lowest BCUT2D eigenvalue weighted by atomic mass is 10.1. The maximum Gasteiger partial charge on any atom is 0.182 e. The standard InChI is InChI=1S/C27H34N8O/c1-19-5-4-6-20(15-19)22-8-10-35(31-22)25-16-23(34-11-13-36-14-12-34)26-27(30-25)29-24(28-26)18-33-9-7-21(17-33)32(2)3/h4-6,8,10,15-16,21H,7,9,11-14,17-18H2,1-3H3,(H,28,29,30). The molecule has 0 bridgehead atoms. The molecule has 1 aromatic carbocycles. The molecule has 2 saturated heterocycles. The second kappa shape index (κ2) is 9.65. The van der Waals surface area contributed by atoms with Crippen LogP contribution in [-0.4, -0.2) is 94.1 Å². The highest BCUT2D eigenvalue weighted by Gasteiger charge is 2.25. The molecule has 1 N–H and O–H groups in total. The molecule has 0 amide bonds. The number of aromatic amines is 1. The molecule has 3 aromatic heterocycles. The minimum atomic E-state index is 0.602. The van der Waals surface area contributed by atoms with E-state index in [2.05, 4.69) is 71.0 Å². The SMILES string of the molecule is Cc1cccc(-c2ccn(-c3cc(N4CCOCC4)c4[nH]c(CN5CCC(N(C)C)C5)nc4n3)n2)c1. The summed E-state index contributed by atoms with van der Waals surface area (Å²) in [5.41, 5.74) is 6.09. The van der Waals surface area contributed by atoms with Crippen LogP contribution in [0.25, 0.3) is 28.2 Å². The summed E-state index contributed by atoms with van der Waals surface area (Å²) in [4.78, 5) is 20.6. The molecule has 1 unspecified atom stereocenters. The van der Waals surface area contributed by atoms with Crippen molar-refractivity contribution in [3.8, 4) is 17.1 Å². The number of nitrogens with one attached hydrogen (secondary N) is 1. The van der Waals surface area contributed by atoms with Gasteiger partial charge in [0.1, 0.15) is 11.3 Å². The molecule has 6 rings (SSSR count). The van der Waals surface area contributed by atoms with Crippen molar-refractivity contribution in [2.75, 3.05) is 58.4 Å². The van der Waals surface area contributed by atoms with Crippen LogP contribution in [0.4, 0.5) is 5.69 Å². The van der Waals surface area contributed by atoms with Crippen LogP contribution >= 0.6 is 0 Å². The normalized spacial score (nSPS) is 19.1. The van der Waals surface area contributed by atoms with Gasteiger partial charge in [-0.15, -0.1) is 0 Å². The van der Waals surface area contributed by atoms with E-state index < -0.39 is 0 Å². The molecule has 0 saturated carbocycles. The average Bonchev–Trinajstić information content (AvgIpc) is 3.64. The fourth-order valence-electron chi connectivity index (χ4n) is 5.25. The van der Waals surface area contributed by atoms with Gasteiger partial charge in [-0.1, -0.05) is 23.8 Å². The maximum absolute atomic E-state index is 5.62. The number of hydrogen-bond acceptors (Lipinski definition) is 7. The van der Waals surface area contributed by atoms with Crippen molar-refractivity contribution >= 4 is 16.9 Å². The number of H-pyrrole nitrogens is 1. The zero-order valence-corrected chi connectivity index (χ0v) is 21.3. The Morgan fingerprint density at radius 3 is 2.72 bits per heavy atom. The molecular weight excluding hydrogens is 452 g/mol. The van der Waals surface area contributed by atoms with E-state index in [0.717, 1.165) is 85.7 Å². The number of anilines is 1. The Balaban J connectivity index is 1.35. The number of benzene rings is 1. The van der Waals surface area contributed by atoms with E-state index in [1.807, 2.05) is 16.9 Å². The number of nitrogens with zero attached hydrogens (tertiary/aromatic N) is 7. The van der Waals surface area contributed by atoms with Gasteiger partial charge >= 0.3 is 0 Å². The summed E-state index contributed by atoms with van der Waals surface area (Å²) >= 11 is 0. The van der Waals surface area contributed by atoms with Gasteiger partial charge in [0.2, 0.25) is 0 Å². The summed E-state index contributed by atoms with van der Waals surface area (Å²) in [5, 5.41) is 4.86. The highest BCUT2D eigenvalue weighted by molar-refractivity contribution is 5.87. The molecule has 1 atom stereocenters. The summed E-state index contributed by atoms with van der Waals surface area (Å²) in [7, 11) is 4.32.